The Morgan fingerprint density at radius 3 is 3.00 bits per heavy atom. The second-order valence-corrected chi connectivity index (χ2v) is 6.58. The van der Waals surface area contributed by atoms with E-state index < -0.39 is 6.09 Å². The number of rotatable bonds is 1. The molecule has 2 amide bonds. The summed E-state index contributed by atoms with van der Waals surface area (Å²) >= 11 is 0. The van der Waals surface area contributed by atoms with E-state index >= 15 is 0 Å². The van der Waals surface area contributed by atoms with E-state index in [-0.39, 0.29) is 18.0 Å². The molecule has 2 aliphatic heterocycles. The van der Waals surface area contributed by atoms with Gasteiger partial charge in [0, 0.05) is 29.9 Å². The van der Waals surface area contributed by atoms with E-state index in [9.17, 15) is 9.59 Å². The topological polar surface area (TPSA) is 118 Å². The number of ether oxygens (including phenoxy) is 1. The lowest BCUT2D eigenvalue weighted by Crippen LogP contribution is -2.38. The Labute approximate surface area is 152 Å². The Kier molecular flexibility index (Phi) is 5.72. The maximum atomic E-state index is 12.3. The molecule has 0 spiro atoms. The van der Waals surface area contributed by atoms with Crippen molar-refractivity contribution in [1.29, 1.82) is 0 Å². The number of anilines is 2. The molecule has 1 aromatic carbocycles. The summed E-state index contributed by atoms with van der Waals surface area (Å²) in [4.78, 5) is 28.5. The molecule has 8 nitrogen and oxygen atoms in total. The van der Waals surface area contributed by atoms with E-state index in [2.05, 4.69) is 20.7 Å². The molecule has 5 N–H and O–H groups in total. The number of amidine groups is 1. The van der Waals surface area contributed by atoms with Gasteiger partial charge in [0.1, 0.15) is 5.84 Å². The van der Waals surface area contributed by atoms with Gasteiger partial charge in [-0.25, -0.2) is 4.79 Å². The van der Waals surface area contributed by atoms with Crippen LogP contribution in [-0.4, -0.2) is 37.5 Å². The summed E-state index contributed by atoms with van der Waals surface area (Å²) in [5, 5.41) is 8.88. The van der Waals surface area contributed by atoms with Gasteiger partial charge in [-0.05, 0) is 25.0 Å². The van der Waals surface area contributed by atoms with Crippen LogP contribution in [-0.2, 0) is 9.53 Å². The van der Waals surface area contributed by atoms with Crippen molar-refractivity contribution in [2.45, 2.75) is 44.2 Å². The van der Waals surface area contributed by atoms with Crippen molar-refractivity contribution in [2.75, 3.05) is 24.3 Å². The molecule has 0 aliphatic carbocycles. The number of hydrogen-bond donors (Lipinski definition) is 4. The Morgan fingerprint density at radius 2 is 2.19 bits per heavy atom. The van der Waals surface area contributed by atoms with Gasteiger partial charge in [-0.2, -0.15) is 0 Å². The van der Waals surface area contributed by atoms with Gasteiger partial charge >= 0.3 is 6.09 Å². The largest absolute Gasteiger partial charge is 0.453 e. The van der Waals surface area contributed by atoms with Crippen LogP contribution in [0.5, 0.6) is 0 Å². The molecule has 26 heavy (non-hydrogen) atoms. The Balaban J connectivity index is 1.92. The Bertz CT molecular complexity index is 719. The number of aliphatic imine (C=N–C) groups is 1. The second kappa shape index (κ2) is 8.18. The zero-order valence-corrected chi connectivity index (χ0v) is 14.9. The summed E-state index contributed by atoms with van der Waals surface area (Å²) in [6.07, 6.45) is 3.50. The Morgan fingerprint density at radius 1 is 1.35 bits per heavy atom. The number of nitrogens with zero attached hydrogens (tertiary/aromatic N) is 1. The fourth-order valence-corrected chi connectivity index (χ4v) is 3.24. The van der Waals surface area contributed by atoms with Gasteiger partial charge in [0.25, 0.3) is 0 Å². The molecule has 3 rings (SSSR count). The number of carbonyl (C=O) groups is 2. The maximum Gasteiger partial charge on any atom is 0.411 e. The second-order valence-electron chi connectivity index (χ2n) is 6.58. The van der Waals surface area contributed by atoms with Crippen molar-refractivity contribution in [3.63, 3.8) is 0 Å². The van der Waals surface area contributed by atoms with Gasteiger partial charge in [-0.3, -0.25) is 15.1 Å². The van der Waals surface area contributed by atoms with Crippen LogP contribution in [0.1, 0.15) is 43.7 Å². The van der Waals surface area contributed by atoms with Crippen LogP contribution in [0.25, 0.3) is 0 Å². The van der Waals surface area contributed by atoms with Crippen molar-refractivity contribution in [1.82, 2.24) is 5.32 Å². The third kappa shape index (κ3) is 4.32. The number of hydrogen-bond acceptors (Lipinski definition) is 6. The maximum absolute atomic E-state index is 12.3. The first-order chi connectivity index (χ1) is 12.6. The molecule has 0 saturated carbocycles. The number of nitrogens with two attached hydrogens (primary N) is 1. The van der Waals surface area contributed by atoms with Gasteiger partial charge in [0.15, 0.2) is 0 Å². The zero-order chi connectivity index (χ0) is 18.5. The summed E-state index contributed by atoms with van der Waals surface area (Å²) in [5.74, 6) is 0.781. The minimum atomic E-state index is -0.560. The zero-order valence-electron chi connectivity index (χ0n) is 14.9. The first kappa shape index (κ1) is 18.2. The van der Waals surface area contributed by atoms with E-state index in [0.717, 1.165) is 37.1 Å². The predicted molar refractivity (Wildman–Crippen MR) is 100 cm³/mol. The highest BCUT2D eigenvalue weighted by atomic mass is 16.5. The van der Waals surface area contributed by atoms with E-state index in [1.165, 1.54) is 7.11 Å². The SMILES string of the molecule is COC(=O)Nc1ccc2c(c1)NC(=O)CCCCC[C@H](N)C1=NC2CN1. The fraction of sp³-hybridized carbons (Fsp3) is 0.500. The van der Waals surface area contributed by atoms with Crippen molar-refractivity contribution in [2.24, 2.45) is 10.7 Å². The molecule has 0 aromatic heterocycles. The fourth-order valence-electron chi connectivity index (χ4n) is 3.24. The summed E-state index contributed by atoms with van der Waals surface area (Å²) in [6.45, 7) is 0.635. The lowest BCUT2D eigenvalue weighted by atomic mass is 10.0. The van der Waals surface area contributed by atoms with Crippen LogP contribution in [0.2, 0.25) is 0 Å². The lowest BCUT2D eigenvalue weighted by molar-refractivity contribution is -0.116. The minimum Gasteiger partial charge on any atom is -0.453 e. The van der Waals surface area contributed by atoms with Gasteiger partial charge in [0.2, 0.25) is 5.91 Å². The first-order valence-corrected chi connectivity index (χ1v) is 8.92. The van der Waals surface area contributed by atoms with Crippen LogP contribution in [0, 0.1) is 0 Å². The molecule has 0 fully saturated rings. The first-order valence-electron chi connectivity index (χ1n) is 8.92. The highest BCUT2D eigenvalue weighted by molar-refractivity contribution is 5.94. The molecule has 2 aliphatic rings. The van der Waals surface area contributed by atoms with Gasteiger partial charge in [-0.1, -0.05) is 18.9 Å². The lowest BCUT2D eigenvalue weighted by Gasteiger charge is -2.16. The van der Waals surface area contributed by atoms with Crippen LogP contribution < -0.4 is 21.7 Å². The van der Waals surface area contributed by atoms with Crippen molar-refractivity contribution in [3.8, 4) is 0 Å². The molecule has 2 bridgehead atoms. The predicted octanol–water partition coefficient (Wildman–Crippen LogP) is 2.14. The highest BCUT2D eigenvalue weighted by Crippen LogP contribution is 2.31. The molecular formula is C18H25N5O3. The summed E-state index contributed by atoms with van der Waals surface area (Å²) in [7, 11) is 1.30. The van der Waals surface area contributed by atoms with Crippen LogP contribution >= 0.6 is 0 Å². The molecule has 0 saturated heterocycles. The van der Waals surface area contributed by atoms with Gasteiger partial charge in [-0.15, -0.1) is 0 Å². The average molecular weight is 359 g/mol. The number of fused-ring (bicyclic) bond motifs is 3. The van der Waals surface area contributed by atoms with Crippen molar-refractivity contribution >= 4 is 29.2 Å². The summed E-state index contributed by atoms with van der Waals surface area (Å²) < 4.78 is 4.62. The normalized spacial score (nSPS) is 23.2. The number of methoxy groups -OCH3 is 1. The third-order valence-corrected chi connectivity index (χ3v) is 4.66. The summed E-state index contributed by atoms with van der Waals surface area (Å²) in [6, 6.07) is 5.14. The van der Waals surface area contributed by atoms with Crippen LogP contribution in [0.4, 0.5) is 16.2 Å². The van der Waals surface area contributed by atoms with Crippen molar-refractivity contribution < 1.29 is 14.3 Å². The monoisotopic (exact) mass is 359 g/mol. The molecule has 8 heteroatoms. The average Bonchev–Trinajstić information content (AvgIpc) is 3.11. The van der Waals surface area contributed by atoms with E-state index in [1.807, 2.05) is 6.07 Å². The number of benzene rings is 1. The Hall–Kier alpha value is -2.61. The highest BCUT2D eigenvalue weighted by Gasteiger charge is 2.25. The number of nitrogens with one attached hydrogen (secondary N) is 3. The summed E-state index contributed by atoms with van der Waals surface area (Å²) in [5.41, 5.74) is 8.33. The van der Waals surface area contributed by atoms with Crippen LogP contribution in [0.3, 0.4) is 0 Å². The third-order valence-electron chi connectivity index (χ3n) is 4.66. The van der Waals surface area contributed by atoms with E-state index in [1.54, 1.807) is 12.1 Å². The van der Waals surface area contributed by atoms with Crippen LogP contribution in [0.15, 0.2) is 23.2 Å². The molecule has 2 heterocycles. The standard InChI is InChI=1S/C18H25N5O3/c1-26-18(25)21-11-7-8-12-14(9-11)22-16(24)6-4-2-3-5-13(19)17-20-10-15(12)23-17/h7-9,13,15H,2-6,10,19H2,1H3,(H,20,23)(H,21,25)(H,22,24)/t13-,15?/m0/s1. The number of amides is 2. The van der Waals surface area contributed by atoms with Gasteiger partial charge in [0.05, 0.1) is 19.2 Å². The van der Waals surface area contributed by atoms with E-state index in [4.69, 9.17) is 10.7 Å². The molecular weight excluding hydrogens is 334 g/mol. The quantitative estimate of drug-likeness (QED) is 0.613. The minimum absolute atomic E-state index is 0.0415. The number of carbonyl (C=O) groups excluding carboxylic acids is 2. The molecule has 2 atom stereocenters. The van der Waals surface area contributed by atoms with Crippen molar-refractivity contribution in [3.05, 3.63) is 23.8 Å². The molecule has 1 unspecified atom stereocenters. The molecule has 1 aromatic rings. The van der Waals surface area contributed by atoms with E-state index in [0.29, 0.717) is 24.3 Å². The van der Waals surface area contributed by atoms with Gasteiger partial charge < -0.3 is 21.1 Å². The molecule has 0 radical (unpaired) electrons. The molecule has 140 valence electrons. The smallest absolute Gasteiger partial charge is 0.411 e.